The molecule has 0 bridgehead atoms. The molecule has 2 heterocycles. The number of carbonyl (C=O) groups is 3. The Morgan fingerprint density at radius 2 is 1.71 bits per heavy atom. The van der Waals surface area contributed by atoms with Gasteiger partial charge in [0.05, 0.1) is 29.6 Å². The van der Waals surface area contributed by atoms with Gasteiger partial charge in [0.2, 0.25) is 5.91 Å². The maximum Gasteiger partial charge on any atom is 0.348 e. The summed E-state index contributed by atoms with van der Waals surface area (Å²) < 4.78 is 17.0. The van der Waals surface area contributed by atoms with E-state index in [9.17, 15) is 19.2 Å². The number of amides is 1. The summed E-state index contributed by atoms with van der Waals surface area (Å²) in [5, 5.41) is 2.88. The highest BCUT2D eigenvalue weighted by atomic mass is 32.1. The van der Waals surface area contributed by atoms with Gasteiger partial charge < -0.3 is 19.5 Å². The van der Waals surface area contributed by atoms with Crippen LogP contribution in [-0.2, 0) is 20.8 Å². The monoisotopic (exact) mass is 535 g/mol. The van der Waals surface area contributed by atoms with Gasteiger partial charge in [0.1, 0.15) is 35.2 Å². The minimum atomic E-state index is -0.582. The molecule has 0 saturated carbocycles. The average Bonchev–Trinajstić information content (AvgIpc) is 3.26. The third kappa shape index (κ3) is 6.06. The molecule has 1 amide bonds. The quantitative estimate of drug-likeness (QED) is 0.240. The lowest BCUT2D eigenvalue weighted by molar-refractivity contribution is -0.116. The predicted molar refractivity (Wildman–Crippen MR) is 142 cm³/mol. The molecule has 2 aromatic heterocycles. The van der Waals surface area contributed by atoms with Crippen molar-refractivity contribution in [2.45, 2.75) is 20.4 Å². The molecule has 196 valence electrons. The molecule has 11 heteroatoms. The van der Waals surface area contributed by atoms with Crippen molar-refractivity contribution in [1.82, 2.24) is 9.55 Å². The van der Waals surface area contributed by atoms with Crippen molar-refractivity contribution in [2.24, 2.45) is 0 Å². The first-order valence-corrected chi connectivity index (χ1v) is 12.6. The largest absolute Gasteiger partial charge is 0.490 e. The fraction of sp³-hybridized carbons (Fsp3) is 0.222. The van der Waals surface area contributed by atoms with Crippen LogP contribution in [0.1, 0.15) is 32.5 Å². The summed E-state index contributed by atoms with van der Waals surface area (Å²) in [5.41, 5.74) is 0.434. The van der Waals surface area contributed by atoms with E-state index in [1.807, 2.05) is 18.2 Å². The minimum absolute atomic E-state index is 0.0342. The van der Waals surface area contributed by atoms with Gasteiger partial charge in [-0.2, -0.15) is 0 Å². The van der Waals surface area contributed by atoms with Crippen molar-refractivity contribution in [3.63, 3.8) is 0 Å². The van der Waals surface area contributed by atoms with Crippen LogP contribution in [-0.4, -0.2) is 47.2 Å². The Kier molecular flexibility index (Phi) is 8.49. The molecule has 0 unspecified atom stereocenters. The smallest absolute Gasteiger partial charge is 0.348 e. The van der Waals surface area contributed by atoms with Gasteiger partial charge in [0.15, 0.2) is 0 Å². The molecule has 38 heavy (non-hydrogen) atoms. The number of ether oxygens (including phenoxy) is 3. The van der Waals surface area contributed by atoms with Crippen LogP contribution in [0, 0.1) is 6.92 Å². The highest BCUT2D eigenvalue weighted by molar-refractivity contribution is 7.20. The van der Waals surface area contributed by atoms with E-state index in [-0.39, 0.29) is 47.9 Å². The van der Waals surface area contributed by atoms with Crippen LogP contribution < -0.4 is 15.6 Å². The van der Waals surface area contributed by atoms with E-state index in [1.54, 1.807) is 44.2 Å². The van der Waals surface area contributed by atoms with Gasteiger partial charge in [-0.15, -0.1) is 11.3 Å². The van der Waals surface area contributed by atoms with E-state index in [0.29, 0.717) is 16.1 Å². The highest BCUT2D eigenvalue weighted by Crippen LogP contribution is 2.27. The fourth-order valence-corrected chi connectivity index (χ4v) is 4.70. The van der Waals surface area contributed by atoms with Crippen LogP contribution in [0.5, 0.6) is 5.75 Å². The SMILES string of the molecule is CCOC(=O)c1ccccc1NC(=O)Cn1cnc2sc(C(=O)OCCOc3ccccc3)c(C)c2c1=O. The highest BCUT2D eigenvalue weighted by Gasteiger charge is 2.21. The zero-order valence-corrected chi connectivity index (χ0v) is 21.6. The molecule has 0 saturated heterocycles. The van der Waals surface area contributed by atoms with Crippen LogP contribution in [0.25, 0.3) is 10.2 Å². The molecule has 10 nitrogen and oxygen atoms in total. The molecule has 0 aliphatic heterocycles. The molecule has 0 aliphatic carbocycles. The van der Waals surface area contributed by atoms with Crippen molar-refractivity contribution in [1.29, 1.82) is 0 Å². The molecule has 0 aliphatic rings. The molecule has 0 fully saturated rings. The first kappa shape index (κ1) is 26.6. The minimum Gasteiger partial charge on any atom is -0.490 e. The van der Waals surface area contributed by atoms with E-state index in [4.69, 9.17) is 14.2 Å². The lowest BCUT2D eigenvalue weighted by atomic mass is 10.2. The van der Waals surface area contributed by atoms with Gasteiger partial charge >= 0.3 is 11.9 Å². The number of nitrogens with zero attached hydrogens (tertiary/aromatic N) is 2. The van der Waals surface area contributed by atoms with Crippen LogP contribution in [0.3, 0.4) is 0 Å². The second kappa shape index (κ2) is 12.2. The number of nitrogens with one attached hydrogen (secondary N) is 1. The second-order valence-electron chi connectivity index (χ2n) is 8.03. The Bertz CT molecular complexity index is 1530. The van der Waals surface area contributed by atoms with Crippen molar-refractivity contribution in [3.8, 4) is 5.75 Å². The van der Waals surface area contributed by atoms with Crippen LogP contribution in [0.4, 0.5) is 5.69 Å². The number of rotatable bonds is 10. The molecule has 0 atom stereocenters. The Balaban J connectivity index is 1.44. The number of anilines is 1. The van der Waals surface area contributed by atoms with Gasteiger partial charge in [-0.3, -0.25) is 14.2 Å². The summed E-state index contributed by atoms with van der Waals surface area (Å²) >= 11 is 1.05. The maximum absolute atomic E-state index is 13.2. The first-order chi connectivity index (χ1) is 18.4. The topological polar surface area (TPSA) is 126 Å². The van der Waals surface area contributed by atoms with Crippen LogP contribution >= 0.6 is 11.3 Å². The lowest BCUT2D eigenvalue weighted by Gasteiger charge is -2.11. The van der Waals surface area contributed by atoms with Gasteiger partial charge in [-0.1, -0.05) is 30.3 Å². The number of carbonyl (C=O) groups excluding carboxylic acids is 3. The molecule has 4 rings (SSSR count). The first-order valence-electron chi connectivity index (χ1n) is 11.8. The summed E-state index contributed by atoms with van der Waals surface area (Å²) in [6.07, 6.45) is 1.25. The number of hydrogen-bond acceptors (Lipinski definition) is 9. The molecule has 0 spiro atoms. The predicted octanol–water partition coefficient (Wildman–Crippen LogP) is 3.82. The van der Waals surface area contributed by atoms with E-state index in [1.165, 1.54) is 12.4 Å². The van der Waals surface area contributed by atoms with Crippen molar-refractivity contribution >= 4 is 45.1 Å². The van der Waals surface area contributed by atoms with E-state index in [2.05, 4.69) is 10.3 Å². The number of esters is 2. The maximum atomic E-state index is 13.2. The molecular weight excluding hydrogens is 510 g/mol. The Morgan fingerprint density at radius 1 is 0.974 bits per heavy atom. The zero-order chi connectivity index (χ0) is 27.1. The van der Waals surface area contributed by atoms with E-state index < -0.39 is 23.4 Å². The zero-order valence-electron chi connectivity index (χ0n) is 20.8. The number of aromatic nitrogens is 2. The van der Waals surface area contributed by atoms with Gasteiger partial charge in [0.25, 0.3) is 5.56 Å². The van der Waals surface area contributed by atoms with Crippen molar-refractivity contribution < 1.29 is 28.6 Å². The summed E-state index contributed by atoms with van der Waals surface area (Å²) in [6, 6.07) is 15.6. The van der Waals surface area contributed by atoms with Gasteiger partial charge in [-0.25, -0.2) is 14.6 Å². The van der Waals surface area contributed by atoms with Crippen LogP contribution in [0.15, 0.2) is 65.7 Å². The number of fused-ring (bicyclic) bond motifs is 1. The Morgan fingerprint density at radius 3 is 2.47 bits per heavy atom. The molecule has 2 aromatic carbocycles. The third-order valence-electron chi connectivity index (χ3n) is 5.44. The Labute approximate surface area is 221 Å². The average molecular weight is 536 g/mol. The number of benzene rings is 2. The van der Waals surface area contributed by atoms with E-state index in [0.717, 1.165) is 15.9 Å². The number of hydrogen-bond donors (Lipinski definition) is 1. The van der Waals surface area contributed by atoms with Crippen molar-refractivity contribution in [2.75, 3.05) is 25.1 Å². The summed E-state index contributed by atoms with van der Waals surface area (Å²) in [5.74, 6) is -1.01. The molecule has 0 radical (unpaired) electrons. The summed E-state index contributed by atoms with van der Waals surface area (Å²) in [7, 11) is 0. The van der Waals surface area contributed by atoms with Gasteiger partial charge in [0, 0.05) is 0 Å². The summed E-state index contributed by atoms with van der Waals surface area (Å²) in [6.45, 7) is 3.39. The molecule has 4 aromatic rings. The van der Waals surface area contributed by atoms with Crippen LogP contribution in [0.2, 0.25) is 0 Å². The van der Waals surface area contributed by atoms with Crippen molar-refractivity contribution in [3.05, 3.63) is 87.3 Å². The van der Waals surface area contributed by atoms with Gasteiger partial charge in [-0.05, 0) is 43.7 Å². The number of aryl methyl sites for hydroxylation is 1. The summed E-state index contributed by atoms with van der Waals surface area (Å²) in [4.78, 5) is 55.6. The number of thiophene rings is 1. The molecule has 1 N–H and O–H groups in total. The fourth-order valence-electron chi connectivity index (χ4n) is 3.67. The lowest BCUT2D eigenvalue weighted by Crippen LogP contribution is -2.28. The Hall–Kier alpha value is -4.51. The normalized spacial score (nSPS) is 10.7. The standard InChI is InChI=1S/C27H25N3O7S/c1-3-35-26(33)19-11-7-8-12-20(19)29-21(31)15-30-16-28-24-22(25(30)32)17(2)23(38-24)27(34)37-14-13-36-18-9-5-4-6-10-18/h4-12,16H,3,13-15H2,1-2H3,(H,29,31). The van der Waals surface area contributed by atoms with E-state index >= 15 is 0 Å². The molecular formula is C27H25N3O7S. The number of para-hydroxylation sites is 2. The second-order valence-corrected chi connectivity index (χ2v) is 9.02. The third-order valence-corrected chi connectivity index (χ3v) is 6.62.